The fourth-order valence-electron chi connectivity index (χ4n) is 2.69. The fraction of sp³-hybridized carbons (Fsp3) is 0.526. The maximum Gasteiger partial charge on any atom is 0.234 e. The van der Waals surface area contributed by atoms with E-state index in [-0.39, 0.29) is 11.4 Å². The van der Waals surface area contributed by atoms with Gasteiger partial charge in [-0.2, -0.15) is 0 Å². The molecule has 0 unspecified atom stereocenters. The van der Waals surface area contributed by atoms with Crippen LogP contribution in [0.5, 0.6) is 0 Å². The summed E-state index contributed by atoms with van der Waals surface area (Å²) in [4.78, 5) is 16.6. The molecule has 4 heteroatoms. The Morgan fingerprint density at radius 2 is 1.70 bits per heavy atom. The Balaban J connectivity index is 1.68. The molecule has 0 aromatic heterocycles. The number of hydrogen-bond donors (Lipinski definition) is 1. The van der Waals surface area contributed by atoms with Crippen molar-refractivity contribution >= 4 is 12.0 Å². The van der Waals surface area contributed by atoms with E-state index in [1.165, 1.54) is 5.56 Å². The van der Waals surface area contributed by atoms with Crippen LogP contribution in [0.25, 0.3) is 6.08 Å². The third kappa shape index (κ3) is 6.97. The second-order valence-corrected chi connectivity index (χ2v) is 7.19. The van der Waals surface area contributed by atoms with Gasteiger partial charge in [-0.3, -0.25) is 14.6 Å². The van der Waals surface area contributed by atoms with E-state index in [9.17, 15) is 4.79 Å². The van der Waals surface area contributed by atoms with Gasteiger partial charge in [0.1, 0.15) is 0 Å². The standard InChI is InChI=1S/C19H29N3O/c1-19(2,3)20-18(23)16-22-14-12-21(13-15-22)11-7-10-17-8-5-4-6-9-17/h4-10H,11-16H2,1-3H3,(H,20,23)/b10-7+. The molecule has 0 aliphatic carbocycles. The molecule has 1 amide bonds. The number of piperazine rings is 1. The Kier molecular flexibility index (Phi) is 6.37. The summed E-state index contributed by atoms with van der Waals surface area (Å²) < 4.78 is 0. The summed E-state index contributed by atoms with van der Waals surface area (Å²) in [6.07, 6.45) is 4.39. The average molecular weight is 315 g/mol. The molecule has 1 saturated heterocycles. The first kappa shape index (κ1) is 17.7. The van der Waals surface area contributed by atoms with E-state index >= 15 is 0 Å². The van der Waals surface area contributed by atoms with Gasteiger partial charge >= 0.3 is 0 Å². The molecular formula is C19H29N3O. The molecule has 23 heavy (non-hydrogen) atoms. The SMILES string of the molecule is CC(C)(C)NC(=O)CN1CCN(C/C=C/c2ccccc2)CC1. The lowest BCUT2D eigenvalue weighted by Gasteiger charge is -2.34. The number of hydrogen-bond acceptors (Lipinski definition) is 3. The van der Waals surface area contributed by atoms with E-state index in [1.54, 1.807) is 0 Å². The van der Waals surface area contributed by atoms with Gasteiger partial charge in [-0.25, -0.2) is 0 Å². The van der Waals surface area contributed by atoms with Gasteiger partial charge in [0.05, 0.1) is 6.54 Å². The van der Waals surface area contributed by atoms with Gasteiger partial charge in [-0.05, 0) is 26.3 Å². The number of nitrogens with zero attached hydrogens (tertiary/aromatic N) is 2. The zero-order valence-electron chi connectivity index (χ0n) is 14.6. The summed E-state index contributed by atoms with van der Waals surface area (Å²) in [5, 5.41) is 3.02. The van der Waals surface area contributed by atoms with Gasteiger partial charge in [-0.1, -0.05) is 42.5 Å². The molecule has 1 aliphatic rings. The lowest BCUT2D eigenvalue weighted by Crippen LogP contribution is -2.51. The van der Waals surface area contributed by atoms with Gasteiger partial charge in [0.2, 0.25) is 5.91 Å². The Hall–Kier alpha value is -1.65. The molecule has 1 aliphatic heterocycles. The molecule has 1 heterocycles. The van der Waals surface area contributed by atoms with Crippen LogP contribution in [0.15, 0.2) is 36.4 Å². The van der Waals surface area contributed by atoms with Crippen molar-refractivity contribution < 1.29 is 4.79 Å². The summed E-state index contributed by atoms with van der Waals surface area (Å²) in [5.74, 6) is 0.120. The van der Waals surface area contributed by atoms with Gasteiger partial charge in [-0.15, -0.1) is 0 Å². The van der Waals surface area contributed by atoms with E-state index in [0.29, 0.717) is 6.54 Å². The van der Waals surface area contributed by atoms with Gasteiger partial charge in [0.25, 0.3) is 0 Å². The second kappa shape index (κ2) is 8.27. The number of nitrogens with one attached hydrogen (secondary N) is 1. The average Bonchev–Trinajstić information content (AvgIpc) is 2.48. The number of rotatable bonds is 5. The van der Waals surface area contributed by atoms with Crippen LogP contribution < -0.4 is 5.32 Å². The maximum atomic E-state index is 12.0. The highest BCUT2D eigenvalue weighted by molar-refractivity contribution is 5.78. The van der Waals surface area contributed by atoms with Crippen molar-refractivity contribution in [2.75, 3.05) is 39.3 Å². The van der Waals surface area contributed by atoms with Crippen molar-refractivity contribution in [3.8, 4) is 0 Å². The van der Waals surface area contributed by atoms with Gasteiger partial charge < -0.3 is 5.32 Å². The van der Waals surface area contributed by atoms with Crippen LogP contribution in [-0.2, 0) is 4.79 Å². The maximum absolute atomic E-state index is 12.0. The number of amides is 1. The predicted molar refractivity (Wildman–Crippen MR) is 96.3 cm³/mol. The molecular weight excluding hydrogens is 286 g/mol. The molecule has 1 aromatic carbocycles. The molecule has 1 fully saturated rings. The molecule has 1 N–H and O–H groups in total. The van der Waals surface area contributed by atoms with Crippen molar-refractivity contribution in [3.05, 3.63) is 42.0 Å². The molecule has 0 spiro atoms. The zero-order valence-corrected chi connectivity index (χ0v) is 14.6. The smallest absolute Gasteiger partial charge is 0.234 e. The van der Waals surface area contributed by atoms with Crippen LogP contribution in [0.2, 0.25) is 0 Å². The van der Waals surface area contributed by atoms with Crippen molar-refractivity contribution in [1.82, 2.24) is 15.1 Å². The summed E-state index contributed by atoms with van der Waals surface area (Å²) >= 11 is 0. The number of carbonyl (C=O) groups excluding carboxylic acids is 1. The Morgan fingerprint density at radius 3 is 2.30 bits per heavy atom. The van der Waals surface area contributed by atoms with Gasteiger partial charge in [0, 0.05) is 38.3 Å². The summed E-state index contributed by atoms with van der Waals surface area (Å²) in [5.41, 5.74) is 1.09. The van der Waals surface area contributed by atoms with Crippen LogP contribution >= 0.6 is 0 Å². The summed E-state index contributed by atoms with van der Waals surface area (Å²) in [7, 11) is 0. The van der Waals surface area contributed by atoms with Crippen molar-refractivity contribution in [2.45, 2.75) is 26.3 Å². The lowest BCUT2D eigenvalue weighted by atomic mass is 10.1. The molecule has 0 bridgehead atoms. The van der Waals surface area contributed by atoms with Crippen LogP contribution in [0.3, 0.4) is 0 Å². The van der Waals surface area contributed by atoms with E-state index in [2.05, 4.69) is 51.5 Å². The monoisotopic (exact) mass is 315 g/mol. The second-order valence-electron chi connectivity index (χ2n) is 7.19. The zero-order chi connectivity index (χ0) is 16.7. The minimum Gasteiger partial charge on any atom is -0.350 e. The first-order valence-electron chi connectivity index (χ1n) is 8.40. The highest BCUT2D eigenvalue weighted by atomic mass is 16.2. The molecule has 0 atom stereocenters. The van der Waals surface area contributed by atoms with Crippen LogP contribution in [0, 0.1) is 0 Å². The number of carbonyl (C=O) groups is 1. The normalized spacial score (nSPS) is 17.5. The molecule has 4 nitrogen and oxygen atoms in total. The first-order chi connectivity index (χ1) is 10.9. The highest BCUT2D eigenvalue weighted by Crippen LogP contribution is 2.05. The summed E-state index contributed by atoms with van der Waals surface area (Å²) in [6.45, 7) is 11.5. The third-order valence-electron chi connectivity index (χ3n) is 3.82. The highest BCUT2D eigenvalue weighted by Gasteiger charge is 2.20. The fourth-order valence-corrected chi connectivity index (χ4v) is 2.69. The van der Waals surface area contributed by atoms with E-state index in [4.69, 9.17) is 0 Å². The van der Waals surface area contributed by atoms with E-state index < -0.39 is 0 Å². The van der Waals surface area contributed by atoms with Crippen molar-refractivity contribution in [2.24, 2.45) is 0 Å². The van der Waals surface area contributed by atoms with Crippen LogP contribution in [0.1, 0.15) is 26.3 Å². The first-order valence-corrected chi connectivity index (χ1v) is 8.40. The minimum absolute atomic E-state index is 0.120. The van der Waals surface area contributed by atoms with E-state index in [0.717, 1.165) is 32.7 Å². The molecule has 126 valence electrons. The third-order valence-corrected chi connectivity index (χ3v) is 3.82. The van der Waals surface area contributed by atoms with Crippen LogP contribution in [-0.4, -0.2) is 60.5 Å². The lowest BCUT2D eigenvalue weighted by molar-refractivity contribution is -0.124. The molecule has 0 radical (unpaired) electrons. The quantitative estimate of drug-likeness (QED) is 0.905. The Labute approximate surface area is 140 Å². The van der Waals surface area contributed by atoms with Crippen LogP contribution in [0.4, 0.5) is 0 Å². The summed E-state index contributed by atoms with van der Waals surface area (Å²) in [6, 6.07) is 10.4. The Morgan fingerprint density at radius 1 is 1.09 bits per heavy atom. The van der Waals surface area contributed by atoms with Crippen molar-refractivity contribution in [1.29, 1.82) is 0 Å². The van der Waals surface area contributed by atoms with Crippen molar-refractivity contribution in [3.63, 3.8) is 0 Å². The predicted octanol–water partition coefficient (Wildman–Crippen LogP) is 2.23. The molecule has 1 aromatic rings. The number of benzene rings is 1. The largest absolute Gasteiger partial charge is 0.350 e. The topological polar surface area (TPSA) is 35.6 Å². The van der Waals surface area contributed by atoms with Gasteiger partial charge in [0.15, 0.2) is 0 Å². The molecule has 2 rings (SSSR count). The van der Waals surface area contributed by atoms with E-state index in [1.807, 2.05) is 26.8 Å². The minimum atomic E-state index is -0.152. The Bertz CT molecular complexity index is 511. The molecule has 0 saturated carbocycles.